The van der Waals surface area contributed by atoms with Crippen LogP contribution in [0.2, 0.25) is 0 Å². The maximum Gasteiger partial charge on any atom is 0.104 e. The van der Waals surface area contributed by atoms with E-state index in [1.165, 1.54) is 10.9 Å². The Bertz CT molecular complexity index is 715. The van der Waals surface area contributed by atoms with E-state index in [1.807, 2.05) is 19.1 Å². The van der Waals surface area contributed by atoms with E-state index in [0.29, 0.717) is 12.3 Å². The van der Waals surface area contributed by atoms with Crippen molar-refractivity contribution < 1.29 is 4.39 Å². The smallest absolute Gasteiger partial charge is 0.104 e. The summed E-state index contributed by atoms with van der Waals surface area (Å²) in [6.45, 7) is 6.39. The molecule has 0 bridgehead atoms. The average Bonchev–Trinajstić information content (AvgIpc) is 2.48. The van der Waals surface area contributed by atoms with E-state index >= 15 is 0 Å². The van der Waals surface area contributed by atoms with Crippen LogP contribution in [-0.2, 0) is 6.42 Å². The maximum absolute atomic E-state index is 14.2. The second-order valence-corrected chi connectivity index (χ2v) is 6.24. The fourth-order valence-corrected chi connectivity index (χ4v) is 3.28. The molecule has 2 heteroatoms. The van der Waals surface area contributed by atoms with Crippen LogP contribution in [-0.4, -0.2) is 4.98 Å². The van der Waals surface area contributed by atoms with E-state index in [4.69, 9.17) is 0 Å². The van der Waals surface area contributed by atoms with Crippen LogP contribution in [0.15, 0.2) is 30.1 Å². The molecule has 21 heavy (non-hydrogen) atoms. The van der Waals surface area contributed by atoms with Crippen LogP contribution in [0.4, 0.5) is 4.39 Å². The Morgan fingerprint density at radius 2 is 2.10 bits per heavy atom. The van der Waals surface area contributed by atoms with Gasteiger partial charge in [-0.3, -0.25) is 4.98 Å². The molecule has 1 unspecified atom stereocenters. The van der Waals surface area contributed by atoms with Crippen LogP contribution in [0.25, 0.3) is 16.5 Å². The minimum Gasteiger partial charge on any atom is -0.253 e. The minimum atomic E-state index is 0.0746. The van der Waals surface area contributed by atoms with Crippen LogP contribution in [0.3, 0.4) is 0 Å². The van der Waals surface area contributed by atoms with Crippen molar-refractivity contribution in [1.82, 2.24) is 4.98 Å². The molecule has 0 spiro atoms. The molecule has 1 atom stereocenters. The first kappa shape index (κ1) is 14.2. The Morgan fingerprint density at radius 3 is 2.86 bits per heavy atom. The van der Waals surface area contributed by atoms with Crippen molar-refractivity contribution in [3.05, 3.63) is 46.9 Å². The zero-order valence-corrected chi connectivity index (χ0v) is 13.0. The number of benzene rings is 1. The van der Waals surface area contributed by atoms with Crippen molar-refractivity contribution in [1.29, 1.82) is 0 Å². The second kappa shape index (κ2) is 5.59. The SMILES string of the molecule is CCc1cc(C)nc2ccc(C3=C(F)CCC(C)C3)cc12. The van der Waals surface area contributed by atoms with E-state index in [-0.39, 0.29) is 5.83 Å². The van der Waals surface area contributed by atoms with Crippen molar-refractivity contribution in [3.8, 4) is 0 Å². The third kappa shape index (κ3) is 2.72. The summed E-state index contributed by atoms with van der Waals surface area (Å²) >= 11 is 0. The van der Waals surface area contributed by atoms with Crippen molar-refractivity contribution in [2.24, 2.45) is 5.92 Å². The molecule has 0 aliphatic heterocycles. The molecule has 2 aromatic rings. The van der Waals surface area contributed by atoms with E-state index < -0.39 is 0 Å². The molecule has 110 valence electrons. The maximum atomic E-state index is 14.2. The molecule has 0 N–H and O–H groups in total. The highest BCUT2D eigenvalue weighted by Gasteiger charge is 2.19. The third-order valence-electron chi connectivity index (χ3n) is 4.49. The molecule has 1 aromatic carbocycles. The summed E-state index contributed by atoms with van der Waals surface area (Å²) in [5.74, 6) is 0.641. The van der Waals surface area contributed by atoms with Crippen LogP contribution >= 0.6 is 0 Å². The summed E-state index contributed by atoms with van der Waals surface area (Å²) in [5.41, 5.74) is 5.29. The van der Waals surface area contributed by atoms with Crippen LogP contribution in [0.5, 0.6) is 0 Å². The van der Waals surface area contributed by atoms with Gasteiger partial charge in [-0.25, -0.2) is 4.39 Å². The summed E-state index contributed by atoms with van der Waals surface area (Å²) in [4.78, 5) is 4.59. The molecule has 1 nitrogen and oxygen atoms in total. The Hall–Kier alpha value is -1.70. The van der Waals surface area contributed by atoms with Gasteiger partial charge in [0.15, 0.2) is 0 Å². The van der Waals surface area contributed by atoms with Gasteiger partial charge < -0.3 is 0 Å². The summed E-state index contributed by atoms with van der Waals surface area (Å²) in [6, 6.07) is 8.34. The van der Waals surface area contributed by atoms with Crippen molar-refractivity contribution >= 4 is 16.5 Å². The summed E-state index contributed by atoms with van der Waals surface area (Å²) in [5, 5.41) is 1.17. The van der Waals surface area contributed by atoms with Crippen molar-refractivity contribution in [2.75, 3.05) is 0 Å². The number of aromatic nitrogens is 1. The van der Waals surface area contributed by atoms with Gasteiger partial charge in [0.05, 0.1) is 5.52 Å². The Labute approximate surface area is 125 Å². The Balaban J connectivity index is 2.15. The summed E-state index contributed by atoms with van der Waals surface area (Å²) in [6.07, 6.45) is 3.37. The summed E-state index contributed by atoms with van der Waals surface area (Å²) < 4.78 is 14.2. The Kier molecular flexibility index (Phi) is 3.79. The number of aryl methyl sites for hydroxylation is 2. The monoisotopic (exact) mass is 283 g/mol. The topological polar surface area (TPSA) is 12.9 Å². The third-order valence-corrected chi connectivity index (χ3v) is 4.49. The average molecular weight is 283 g/mol. The first-order valence-corrected chi connectivity index (χ1v) is 7.86. The lowest BCUT2D eigenvalue weighted by atomic mass is 9.85. The fraction of sp³-hybridized carbons (Fsp3) is 0.421. The first-order chi connectivity index (χ1) is 10.1. The number of allylic oxidation sites excluding steroid dienone is 2. The highest BCUT2D eigenvalue weighted by atomic mass is 19.1. The van der Waals surface area contributed by atoms with Gasteiger partial charge in [-0.05, 0) is 73.4 Å². The predicted octanol–water partition coefficient (Wildman–Crippen LogP) is 5.61. The minimum absolute atomic E-state index is 0.0746. The van der Waals surface area contributed by atoms with Crippen molar-refractivity contribution in [2.45, 2.75) is 46.5 Å². The van der Waals surface area contributed by atoms with Gasteiger partial charge in [-0.2, -0.15) is 0 Å². The van der Waals surface area contributed by atoms with Gasteiger partial charge in [0, 0.05) is 11.1 Å². The number of hydrogen-bond donors (Lipinski definition) is 0. The number of pyridine rings is 1. The molecule has 1 heterocycles. The van der Waals surface area contributed by atoms with E-state index in [1.54, 1.807) is 0 Å². The molecule has 1 aliphatic carbocycles. The highest BCUT2D eigenvalue weighted by molar-refractivity contribution is 5.86. The van der Waals surface area contributed by atoms with Crippen molar-refractivity contribution in [3.63, 3.8) is 0 Å². The zero-order valence-electron chi connectivity index (χ0n) is 13.0. The second-order valence-electron chi connectivity index (χ2n) is 6.24. The zero-order chi connectivity index (χ0) is 15.0. The van der Waals surface area contributed by atoms with Crippen LogP contribution in [0.1, 0.15) is 49.9 Å². The normalized spacial score (nSPS) is 19.3. The lowest BCUT2D eigenvalue weighted by Crippen LogP contribution is -2.05. The van der Waals surface area contributed by atoms with E-state index in [9.17, 15) is 4.39 Å². The van der Waals surface area contributed by atoms with Gasteiger partial charge in [0.2, 0.25) is 0 Å². The molecule has 0 amide bonds. The van der Waals surface area contributed by atoms with E-state index in [2.05, 4.69) is 31.0 Å². The molecule has 1 aromatic heterocycles. The van der Waals surface area contributed by atoms with Crippen LogP contribution < -0.4 is 0 Å². The number of rotatable bonds is 2. The molecular formula is C19H22FN. The molecule has 3 rings (SSSR count). The number of halogens is 1. The molecular weight excluding hydrogens is 261 g/mol. The highest BCUT2D eigenvalue weighted by Crippen LogP contribution is 2.37. The molecule has 0 fully saturated rings. The fourth-order valence-electron chi connectivity index (χ4n) is 3.28. The molecule has 0 saturated heterocycles. The van der Waals surface area contributed by atoms with Gasteiger partial charge in [0.1, 0.15) is 5.83 Å². The molecule has 0 radical (unpaired) electrons. The quantitative estimate of drug-likeness (QED) is 0.698. The molecule has 1 aliphatic rings. The van der Waals surface area contributed by atoms with Gasteiger partial charge >= 0.3 is 0 Å². The summed E-state index contributed by atoms with van der Waals surface area (Å²) in [7, 11) is 0. The predicted molar refractivity (Wildman–Crippen MR) is 86.9 cm³/mol. The van der Waals surface area contributed by atoms with E-state index in [0.717, 1.165) is 41.6 Å². The molecule has 0 saturated carbocycles. The van der Waals surface area contributed by atoms with Gasteiger partial charge in [-0.15, -0.1) is 0 Å². The first-order valence-electron chi connectivity index (χ1n) is 7.86. The number of fused-ring (bicyclic) bond motifs is 1. The lowest BCUT2D eigenvalue weighted by Gasteiger charge is -2.21. The number of nitrogens with zero attached hydrogens (tertiary/aromatic N) is 1. The van der Waals surface area contributed by atoms with Gasteiger partial charge in [0.25, 0.3) is 0 Å². The van der Waals surface area contributed by atoms with Crippen LogP contribution in [0, 0.1) is 12.8 Å². The largest absolute Gasteiger partial charge is 0.253 e. The lowest BCUT2D eigenvalue weighted by molar-refractivity contribution is 0.461. The number of hydrogen-bond acceptors (Lipinski definition) is 1. The van der Waals surface area contributed by atoms with Gasteiger partial charge in [-0.1, -0.05) is 19.9 Å². The standard InChI is InChI=1S/C19H22FN/c1-4-14-10-13(3)21-19-8-6-15(11-17(14)19)16-9-12(2)5-7-18(16)20/h6,8,10-12H,4-5,7,9H2,1-3H3. The Morgan fingerprint density at radius 1 is 1.29 bits per heavy atom.